The number of thioether (sulfide) groups is 1. The highest BCUT2D eigenvalue weighted by atomic mass is 32.2. The molecule has 0 saturated carbocycles. The Morgan fingerprint density at radius 1 is 1.60 bits per heavy atom. The summed E-state index contributed by atoms with van der Waals surface area (Å²) < 4.78 is 0. The molecule has 0 aliphatic carbocycles. The molecule has 0 fully saturated rings. The molecule has 2 N–H and O–H groups in total. The molecule has 60 valence electrons. The lowest BCUT2D eigenvalue weighted by molar-refractivity contribution is 0.632. The molecule has 0 atom stereocenters. The standard InChI is InChI=1S/C7H16N2S/c1-6(2)4-5-10-7(8)9-3/h6H,4-5H2,1-3H3,(H2,8,9). The zero-order valence-corrected chi connectivity index (χ0v) is 7.74. The van der Waals surface area contributed by atoms with Crippen molar-refractivity contribution >= 4 is 16.9 Å². The van der Waals surface area contributed by atoms with Crippen LogP contribution in [0, 0.1) is 5.92 Å². The number of hydrogen-bond donors (Lipinski definition) is 1. The third-order valence-corrected chi connectivity index (χ3v) is 2.08. The van der Waals surface area contributed by atoms with Crippen LogP contribution in [0.3, 0.4) is 0 Å². The van der Waals surface area contributed by atoms with Gasteiger partial charge in [0.2, 0.25) is 0 Å². The average molecular weight is 160 g/mol. The van der Waals surface area contributed by atoms with Crippen LogP contribution in [0.1, 0.15) is 20.3 Å². The normalized spacial score (nSPS) is 12.6. The van der Waals surface area contributed by atoms with E-state index in [9.17, 15) is 0 Å². The Kier molecular flexibility index (Phi) is 5.49. The van der Waals surface area contributed by atoms with E-state index in [4.69, 9.17) is 5.73 Å². The molecule has 3 heteroatoms. The molecule has 0 spiro atoms. The van der Waals surface area contributed by atoms with Crippen molar-refractivity contribution in [2.45, 2.75) is 20.3 Å². The summed E-state index contributed by atoms with van der Waals surface area (Å²) in [5, 5.41) is 0.695. The minimum Gasteiger partial charge on any atom is -0.379 e. The Balaban J connectivity index is 3.20. The van der Waals surface area contributed by atoms with Gasteiger partial charge in [-0.25, -0.2) is 0 Å². The number of hydrogen-bond acceptors (Lipinski definition) is 2. The van der Waals surface area contributed by atoms with Gasteiger partial charge < -0.3 is 5.73 Å². The number of nitrogens with two attached hydrogens (primary N) is 1. The highest BCUT2D eigenvalue weighted by Gasteiger charge is 1.95. The fraction of sp³-hybridized carbons (Fsp3) is 0.857. The predicted molar refractivity (Wildman–Crippen MR) is 49.5 cm³/mol. The van der Waals surface area contributed by atoms with Crippen molar-refractivity contribution < 1.29 is 0 Å². The predicted octanol–water partition coefficient (Wildman–Crippen LogP) is 1.71. The minimum absolute atomic E-state index is 0.695. The van der Waals surface area contributed by atoms with Gasteiger partial charge in [-0.2, -0.15) is 0 Å². The zero-order valence-electron chi connectivity index (χ0n) is 6.92. The van der Waals surface area contributed by atoms with Gasteiger partial charge in [0, 0.05) is 12.8 Å². The van der Waals surface area contributed by atoms with E-state index in [1.165, 1.54) is 6.42 Å². The molecule has 2 nitrogen and oxygen atoms in total. The van der Waals surface area contributed by atoms with E-state index in [0.29, 0.717) is 5.17 Å². The van der Waals surface area contributed by atoms with Gasteiger partial charge in [-0.05, 0) is 12.3 Å². The van der Waals surface area contributed by atoms with Gasteiger partial charge in [0.1, 0.15) is 0 Å². The summed E-state index contributed by atoms with van der Waals surface area (Å²) >= 11 is 1.63. The van der Waals surface area contributed by atoms with Crippen molar-refractivity contribution in [1.82, 2.24) is 0 Å². The Morgan fingerprint density at radius 2 is 2.20 bits per heavy atom. The van der Waals surface area contributed by atoms with Crippen LogP contribution in [-0.4, -0.2) is 18.0 Å². The monoisotopic (exact) mass is 160 g/mol. The van der Waals surface area contributed by atoms with E-state index in [2.05, 4.69) is 18.8 Å². The van der Waals surface area contributed by atoms with Gasteiger partial charge >= 0.3 is 0 Å². The van der Waals surface area contributed by atoms with Crippen LogP contribution < -0.4 is 5.73 Å². The van der Waals surface area contributed by atoms with Crippen molar-refractivity contribution in [2.24, 2.45) is 16.6 Å². The van der Waals surface area contributed by atoms with Crippen LogP contribution >= 0.6 is 11.8 Å². The summed E-state index contributed by atoms with van der Waals surface area (Å²) in [4.78, 5) is 3.84. The first kappa shape index (κ1) is 9.82. The maximum atomic E-state index is 5.47. The molecule has 0 saturated heterocycles. The lowest BCUT2D eigenvalue weighted by Crippen LogP contribution is -2.07. The van der Waals surface area contributed by atoms with Crippen LogP contribution in [0.15, 0.2) is 4.99 Å². The van der Waals surface area contributed by atoms with Crippen molar-refractivity contribution in [3.63, 3.8) is 0 Å². The molecule has 0 aliphatic rings. The maximum Gasteiger partial charge on any atom is 0.153 e. The van der Waals surface area contributed by atoms with Crippen molar-refractivity contribution in [2.75, 3.05) is 12.8 Å². The fourth-order valence-corrected chi connectivity index (χ4v) is 1.39. The van der Waals surface area contributed by atoms with Crippen molar-refractivity contribution in [3.05, 3.63) is 0 Å². The van der Waals surface area contributed by atoms with E-state index in [1.807, 2.05) is 0 Å². The number of nitrogens with zero attached hydrogens (tertiary/aromatic N) is 1. The summed E-state index contributed by atoms with van der Waals surface area (Å²) in [5.41, 5.74) is 5.47. The highest BCUT2D eigenvalue weighted by molar-refractivity contribution is 8.13. The lowest BCUT2D eigenvalue weighted by Gasteiger charge is -2.02. The molecule has 0 radical (unpaired) electrons. The summed E-state index contributed by atoms with van der Waals surface area (Å²) in [5.74, 6) is 1.85. The Morgan fingerprint density at radius 3 is 2.60 bits per heavy atom. The van der Waals surface area contributed by atoms with E-state index >= 15 is 0 Å². The van der Waals surface area contributed by atoms with Crippen molar-refractivity contribution in [1.29, 1.82) is 0 Å². The van der Waals surface area contributed by atoms with Crippen molar-refractivity contribution in [3.8, 4) is 0 Å². The second kappa shape index (κ2) is 5.59. The largest absolute Gasteiger partial charge is 0.379 e. The Labute approximate surface area is 67.3 Å². The molecule has 0 aromatic carbocycles. The van der Waals surface area contributed by atoms with Crippen LogP contribution in [0.25, 0.3) is 0 Å². The van der Waals surface area contributed by atoms with Gasteiger partial charge in [-0.15, -0.1) is 0 Å². The summed E-state index contributed by atoms with van der Waals surface area (Å²) in [6.45, 7) is 4.42. The molecule has 0 aliphatic heterocycles. The number of aliphatic imine (C=N–C) groups is 1. The van der Waals surface area contributed by atoms with E-state index < -0.39 is 0 Å². The minimum atomic E-state index is 0.695. The topological polar surface area (TPSA) is 38.4 Å². The van der Waals surface area contributed by atoms with E-state index in [0.717, 1.165) is 11.7 Å². The maximum absolute atomic E-state index is 5.47. The molecule has 0 aromatic heterocycles. The molecule has 0 aromatic rings. The first-order valence-electron chi connectivity index (χ1n) is 3.52. The molecule has 0 rings (SSSR count). The molecule has 10 heavy (non-hydrogen) atoms. The first-order valence-corrected chi connectivity index (χ1v) is 4.50. The van der Waals surface area contributed by atoms with E-state index in [1.54, 1.807) is 18.8 Å². The summed E-state index contributed by atoms with van der Waals surface area (Å²) in [6, 6.07) is 0. The molecule has 0 amide bonds. The summed E-state index contributed by atoms with van der Waals surface area (Å²) in [6.07, 6.45) is 1.21. The molecule has 0 unspecified atom stereocenters. The number of rotatable bonds is 3. The Hall–Kier alpha value is -0.180. The molecule has 0 bridgehead atoms. The zero-order chi connectivity index (χ0) is 7.98. The second-order valence-corrected chi connectivity index (χ2v) is 3.71. The van der Waals surface area contributed by atoms with Crippen LogP contribution in [0.4, 0.5) is 0 Å². The van der Waals surface area contributed by atoms with Gasteiger partial charge in [-0.3, -0.25) is 4.99 Å². The molecular formula is C7H16N2S. The number of amidine groups is 1. The summed E-state index contributed by atoms with van der Waals surface area (Å²) in [7, 11) is 1.72. The van der Waals surface area contributed by atoms with E-state index in [-0.39, 0.29) is 0 Å². The van der Waals surface area contributed by atoms with Crippen LogP contribution in [0.5, 0.6) is 0 Å². The van der Waals surface area contributed by atoms with Gasteiger partial charge in [0.25, 0.3) is 0 Å². The average Bonchev–Trinajstić information content (AvgIpc) is 1.87. The quantitative estimate of drug-likeness (QED) is 0.504. The SMILES string of the molecule is CN=C(N)SCCC(C)C. The lowest BCUT2D eigenvalue weighted by atomic mass is 10.2. The fourth-order valence-electron chi connectivity index (χ4n) is 0.464. The van der Waals surface area contributed by atoms with Gasteiger partial charge in [-0.1, -0.05) is 25.6 Å². The van der Waals surface area contributed by atoms with Crippen LogP contribution in [0.2, 0.25) is 0 Å². The Bertz CT molecular complexity index is 110. The first-order chi connectivity index (χ1) is 4.66. The highest BCUT2D eigenvalue weighted by Crippen LogP contribution is 2.07. The molecular weight excluding hydrogens is 144 g/mol. The second-order valence-electron chi connectivity index (χ2n) is 2.59. The van der Waals surface area contributed by atoms with Gasteiger partial charge in [0.05, 0.1) is 0 Å². The smallest absolute Gasteiger partial charge is 0.153 e. The van der Waals surface area contributed by atoms with Crippen LogP contribution in [-0.2, 0) is 0 Å². The molecule has 0 heterocycles. The third-order valence-electron chi connectivity index (χ3n) is 1.17. The van der Waals surface area contributed by atoms with Gasteiger partial charge in [0.15, 0.2) is 5.17 Å². The third kappa shape index (κ3) is 5.95.